The maximum absolute atomic E-state index is 9.80. The van der Waals surface area contributed by atoms with Crippen LogP contribution >= 0.6 is 0 Å². The van der Waals surface area contributed by atoms with Gasteiger partial charge in [-0.25, -0.2) is 0 Å². The molecule has 1 saturated carbocycles. The maximum atomic E-state index is 9.80. The number of rotatable bonds is 7. The second-order valence-corrected chi connectivity index (χ2v) is 8.43. The molecule has 1 aliphatic rings. The van der Waals surface area contributed by atoms with Gasteiger partial charge >= 0.3 is 0 Å². The fourth-order valence-electron chi connectivity index (χ4n) is 4.39. The number of pyridine rings is 1. The first-order valence-electron chi connectivity index (χ1n) is 11.1. The zero-order chi connectivity index (χ0) is 22.1. The lowest BCUT2D eigenvalue weighted by molar-refractivity contribution is 0.126. The summed E-state index contributed by atoms with van der Waals surface area (Å²) in [5, 5.41) is 26.8. The van der Waals surface area contributed by atoms with Gasteiger partial charge in [-0.1, -0.05) is 6.07 Å². The molecule has 0 atom stereocenters. The van der Waals surface area contributed by atoms with E-state index in [0.717, 1.165) is 59.4 Å². The van der Waals surface area contributed by atoms with E-state index in [1.807, 2.05) is 29.6 Å². The highest BCUT2D eigenvalue weighted by Gasteiger charge is 2.21. The Balaban J connectivity index is 1.48. The van der Waals surface area contributed by atoms with Gasteiger partial charge < -0.3 is 20.1 Å². The zero-order valence-corrected chi connectivity index (χ0v) is 18.5. The van der Waals surface area contributed by atoms with Crippen molar-refractivity contribution in [2.75, 3.05) is 30.5 Å². The quantitative estimate of drug-likeness (QED) is 0.409. The van der Waals surface area contributed by atoms with Crippen molar-refractivity contribution in [3.8, 4) is 0 Å². The second-order valence-electron chi connectivity index (χ2n) is 8.43. The highest BCUT2D eigenvalue weighted by molar-refractivity contribution is 5.85. The van der Waals surface area contributed by atoms with Crippen LogP contribution in [-0.4, -0.2) is 62.3 Å². The molecule has 0 bridgehead atoms. The number of benzene rings is 1. The van der Waals surface area contributed by atoms with Gasteiger partial charge in [0.05, 0.1) is 23.9 Å². The van der Waals surface area contributed by atoms with E-state index in [1.165, 1.54) is 0 Å². The molecule has 0 saturated heterocycles. The third kappa shape index (κ3) is 4.01. The molecule has 0 unspecified atom stereocenters. The molecule has 0 aliphatic heterocycles. The van der Waals surface area contributed by atoms with Crippen molar-refractivity contribution in [1.82, 2.24) is 24.8 Å². The van der Waals surface area contributed by atoms with E-state index in [0.29, 0.717) is 25.1 Å². The summed E-state index contributed by atoms with van der Waals surface area (Å²) in [5.41, 5.74) is 3.71. The number of fused-ring (bicyclic) bond motifs is 2. The molecule has 3 aromatic heterocycles. The van der Waals surface area contributed by atoms with Gasteiger partial charge in [0.2, 0.25) is 5.95 Å². The molecule has 3 N–H and O–H groups in total. The largest absolute Gasteiger partial charge is 0.393 e. The van der Waals surface area contributed by atoms with Gasteiger partial charge in [0.1, 0.15) is 5.82 Å². The van der Waals surface area contributed by atoms with Crippen LogP contribution in [0.1, 0.15) is 31.4 Å². The molecule has 3 heterocycles. The second kappa shape index (κ2) is 8.76. The molecule has 1 aromatic carbocycles. The van der Waals surface area contributed by atoms with Gasteiger partial charge in [0, 0.05) is 30.8 Å². The van der Waals surface area contributed by atoms with E-state index in [-0.39, 0.29) is 6.10 Å². The normalized spacial score (nSPS) is 19.0. The molecule has 168 valence electrons. The smallest absolute Gasteiger partial charge is 0.250 e. The lowest BCUT2D eigenvalue weighted by Crippen LogP contribution is -2.29. The number of aromatic amines is 1. The number of hydrogen-bond donors (Lipinski definition) is 3. The third-order valence-electron chi connectivity index (χ3n) is 6.21. The predicted octanol–water partition coefficient (Wildman–Crippen LogP) is 3.41. The minimum absolute atomic E-state index is 0.174. The number of anilines is 3. The predicted molar refractivity (Wildman–Crippen MR) is 125 cm³/mol. The van der Waals surface area contributed by atoms with E-state index in [1.54, 1.807) is 7.11 Å². The first-order chi connectivity index (χ1) is 15.6. The standard InChI is InChI=1S/C23H29N7O2/c1-15-19-11-8-17(14-20(19)27-26-15)29(12-13-32-2)23-25-22-5-3-4-21(30(22)28-23)24-16-6-9-18(31)10-7-16/h3-5,8,11,14,16,18,24,31H,6-7,9-10,12-13H2,1-2H3,(H,26,27). The van der Waals surface area contributed by atoms with Crippen molar-refractivity contribution in [2.45, 2.75) is 44.8 Å². The highest BCUT2D eigenvalue weighted by atomic mass is 16.5. The fourth-order valence-corrected chi connectivity index (χ4v) is 4.39. The Labute approximate surface area is 186 Å². The van der Waals surface area contributed by atoms with Gasteiger partial charge in [-0.2, -0.15) is 14.6 Å². The van der Waals surface area contributed by atoms with Crippen LogP contribution in [-0.2, 0) is 4.74 Å². The summed E-state index contributed by atoms with van der Waals surface area (Å²) in [6.07, 6.45) is 3.38. The Morgan fingerprint density at radius 2 is 2.06 bits per heavy atom. The SMILES string of the molecule is COCCN(c1ccc2c(C)n[nH]c2c1)c1nc2cccc(NC3CCC(O)CC3)n2n1. The van der Waals surface area contributed by atoms with E-state index in [2.05, 4.69) is 38.6 Å². The van der Waals surface area contributed by atoms with Crippen LogP contribution in [0.5, 0.6) is 0 Å². The third-order valence-corrected chi connectivity index (χ3v) is 6.21. The Hall–Kier alpha value is -3.17. The summed E-state index contributed by atoms with van der Waals surface area (Å²) in [5.74, 6) is 1.53. The van der Waals surface area contributed by atoms with E-state index < -0.39 is 0 Å². The van der Waals surface area contributed by atoms with Gasteiger partial charge in [0.25, 0.3) is 0 Å². The van der Waals surface area contributed by atoms with E-state index in [9.17, 15) is 5.11 Å². The lowest BCUT2D eigenvalue weighted by Gasteiger charge is -2.27. The number of aliphatic hydroxyl groups excluding tert-OH is 1. The number of aliphatic hydroxyl groups is 1. The van der Waals surface area contributed by atoms with Crippen LogP contribution in [0.25, 0.3) is 16.6 Å². The van der Waals surface area contributed by atoms with Crippen molar-refractivity contribution in [2.24, 2.45) is 0 Å². The molecule has 4 aromatic rings. The van der Waals surface area contributed by atoms with Crippen LogP contribution in [0.15, 0.2) is 36.4 Å². The first kappa shape index (κ1) is 20.7. The van der Waals surface area contributed by atoms with Crippen molar-refractivity contribution in [3.63, 3.8) is 0 Å². The monoisotopic (exact) mass is 435 g/mol. The van der Waals surface area contributed by atoms with Crippen molar-refractivity contribution in [1.29, 1.82) is 0 Å². The molecule has 0 spiro atoms. The first-order valence-corrected chi connectivity index (χ1v) is 11.1. The molecule has 1 aliphatic carbocycles. The number of nitrogens with zero attached hydrogens (tertiary/aromatic N) is 5. The summed E-state index contributed by atoms with van der Waals surface area (Å²) < 4.78 is 7.22. The van der Waals surface area contributed by atoms with Crippen molar-refractivity contribution >= 4 is 34.0 Å². The van der Waals surface area contributed by atoms with Crippen LogP contribution in [0, 0.1) is 6.92 Å². The van der Waals surface area contributed by atoms with Gasteiger partial charge in [-0.05, 0) is 62.9 Å². The number of hydrogen-bond acceptors (Lipinski definition) is 7. The Bertz CT molecular complexity index is 1210. The fraction of sp³-hybridized carbons (Fsp3) is 0.435. The summed E-state index contributed by atoms with van der Waals surface area (Å²) in [7, 11) is 1.69. The number of aryl methyl sites for hydroxylation is 1. The van der Waals surface area contributed by atoms with Crippen molar-refractivity contribution in [3.05, 3.63) is 42.1 Å². The van der Waals surface area contributed by atoms with E-state index >= 15 is 0 Å². The van der Waals surface area contributed by atoms with Crippen LogP contribution in [0.3, 0.4) is 0 Å². The van der Waals surface area contributed by atoms with Gasteiger partial charge in [-0.3, -0.25) is 5.10 Å². The summed E-state index contributed by atoms with van der Waals surface area (Å²) >= 11 is 0. The number of aromatic nitrogens is 5. The molecule has 9 heteroatoms. The molecule has 9 nitrogen and oxygen atoms in total. The molecule has 0 amide bonds. The maximum Gasteiger partial charge on any atom is 0.250 e. The lowest BCUT2D eigenvalue weighted by atomic mass is 9.93. The Morgan fingerprint density at radius 1 is 1.22 bits per heavy atom. The van der Waals surface area contributed by atoms with Crippen LogP contribution in [0.2, 0.25) is 0 Å². The number of H-pyrrole nitrogens is 1. The van der Waals surface area contributed by atoms with Crippen LogP contribution in [0.4, 0.5) is 17.5 Å². The number of ether oxygens (including phenoxy) is 1. The molecular formula is C23H29N7O2. The molecule has 1 fully saturated rings. The topological polar surface area (TPSA) is 104 Å². The summed E-state index contributed by atoms with van der Waals surface area (Å²) in [6, 6.07) is 12.5. The Kier molecular flexibility index (Phi) is 5.67. The zero-order valence-electron chi connectivity index (χ0n) is 18.5. The molecule has 0 radical (unpaired) electrons. The van der Waals surface area contributed by atoms with Crippen molar-refractivity contribution < 1.29 is 9.84 Å². The van der Waals surface area contributed by atoms with Crippen LogP contribution < -0.4 is 10.2 Å². The van der Waals surface area contributed by atoms with Gasteiger partial charge in [-0.15, -0.1) is 5.10 Å². The summed E-state index contributed by atoms with van der Waals surface area (Å²) in [6.45, 7) is 3.16. The number of methoxy groups -OCH3 is 1. The molecule has 5 rings (SSSR count). The Morgan fingerprint density at radius 3 is 2.88 bits per heavy atom. The van der Waals surface area contributed by atoms with E-state index in [4.69, 9.17) is 14.8 Å². The highest BCUT2D eigenvalue weighted by Crippen LogP contribution is 2.28. The minimum atomic E-state index is -0.174. The molecule has 32 heavy (non-hydrogen) atoms. The number of nitrogens with one attached hydrogen (secondary N) is 2. The van der Waals surface area contributed by atoms with Gasteiger partial charge in [0.15, 0.2) is 5.65 Å². The molecular weight excluding hydrogens is 406 g/mol. The average molecular weight is 436 g/mol. The average Bonchev–Trinajstić information content (AvgIpc) is 3.40. The minimum Gasteiger partial charge on any atom is -0.393 e. The summed E-state index contributed by atoms with van der Waals surface area (Å²) in [4.78, 5) is 6.87.